The summed E-state index contributed by atoms with van der Waals surface area (Å²) in [6.07, 6.45) is 2.93. The van der Waals surface area contributed by atoms with E-state index in [4.69, 9.17) is 16.3 Å². The molecule has 3 aromatic carbocycles. The van der Waals surface area contributed by atoms with Gasteiger partial charge in [-0.1, -0.05) is 66.9 Å². The van der Waals surface area contributed by atoms with Gasteiger partial charge in [0.05, 0.1) is 29.7 Å². The summed E-state index contributed by atoms with van der Waals surface area (Å²) < 4.78 is 5.50. The first-order valence-electron chi connectivity index (χ1n) is 15.0. The number of benzene rings is 3. The van der Waals surface area contributed by atoms with Crippen molar-refractivity contribution in [2.75, 3.05) is 6.54 Å². The van der Waals surface area contributed by atoms with Crippen LogP contribution < -0.4 is 5.32 Å². The van der Waals surface area contributed by atoms with Crippen LogP contribution in [0.5, 0.6) is 0 Å². The van der Waals surface area contributed by atoms with Gasteiger partial charge in [-0.05, 0) is 87.1 Å². The second kappa shape index (κ2) is 12.9. The maximum Gasteiger partial charge on any atom is 0.338 e. The molecular formula is C35H39ClN2O5. The van der Waals surface area contributed by atoms with E-state index in [1.165, 1.54) is 0 Å². The first kappa shape index (κ1) is 30.8. The van der Waals surface area contributed by atoms with Crippen molar-refractivity contribution in [1.29, 1.82) is 0 Å². The molecule has 43 heavy (non-hydrogen) atoms. The van der Waals surface area contributed by atoms with E-state index in [2.05, 4.69) is 5.32 Å². The summed E-state index contributed by atoms with van der Waals surface area (Å²) in [5.41, 5.74) is 2.69. The van der Waals surface area contributed by atoms with E-state index >= 15 is 0 Å². The zero-order chi connectivity index (χ0) is 30.7. The fourth-order valence-electron chi connectivity index (χ4n) is 6.26. The van der Waals surface area contributed by atoms with E-state index < -0.39 is 35.7 Å². The lowest BCUT2D eigenvalue weighted by Gasteiger charge is -2.48. The fourth-order valence-corrected chi connectivity index (χ4v) is 6.39. The van der Waals surface area contributed by atoms with Gasteiger partial charge >= 0.3 is 5.97 Å². The maximum atomic E-state index is 14.1. The van der Waals surface area contributed by atoms with Crippen LogP contribution in [0.4, 0.5) is 0 Å². The van der Waals surface area contributed by atoms with Crippen molar-refractivity contribution in [2.24, 2.45) is 0 Å². The Balaban J connectivity index is 1.43. The molecular weight excluding hydrogens is 564 g/mol. The number of hydrogen-bond acceptors (Lipinski definition) is 5. The molecule has 0 radical (unpaired) electrons. The van der Waals surface area contributed by atoms with Crippen LogP contribution in [-0.2, 0) is 16.0 Å². The fraction of sp³-hybridized carbons (Fsp3) is 0.400. The number of aliphatic hydroxyl groups excluding tert-OH is 1. The number of halogens is 1. The molecule has 1 heterocycles. The van der Waals surface area contributed by atoms with Crippen LogP contribution in [0.15, 0.2) is 72.8 Å². The van der Waals surface area contributed by atoms with Gasteiger partial charge < -0.3 is 20.1 Å². The molecule has 1 fully saturated rings. The highest BCUT2D eigenvalue weighted by atomic mass is 35.5. The van der Waals surface area contributed by atoms with Gasteiger partial charge in [-0.3, -0.25) is 9.59 Å². The number of nitrogens with one attached hydrogen (secondary N) is 1. The molecule has 0 spiro atoms. The molecule has 1 aliphatic carbocycles. The highest BCUT2D eigenvalue weighted by Crippen LogP contribution is 2.46. The second-order valence-corrected chi connectivity index (χ2v) is 12.9. The standard InChI is InChI=1S/C35H39ClN2O5/c1-35(2,3)43-34(42)24-10-8-9-22(21-24)19-20-37-32(40)30-26-11-4-5-12-27(26)33(41)38(28-13-6-7-14-29(28)39)31(30)23-15-17-25(36)18-16-23/h4-5,8-12,15-18,21,28-31,39H,6-7,13-14,19-20H2,1-3H3,(H,37,40)/t28-,29-,30+,31-/m0/s1. The highest BCUT2D eigenvalue weighted by molar-refractivity contribution is 6.30. The molecule has 5 rings (SSSR count). The molecule has 2 amide bonds. The minimum Gasteiger partial charge on any atom is -0.456 e. The Labute approximate surface area is 258 Å². The van der Waals surface area contributed by atoms with Crippen molar-refractivity contribution in [1.82, 2.24) is 10.2 Å². The van der Waals surface area contributed by atoms with Crippen molar-refractivity contribution in [3.63, 3.8) is 0 Å². The lowest BCUT2D eigenvalue weighted by atomic mass is 9.76. The average Bonchev–Trinajstić information content (AvgIpc) is 2.97. The summed E-state index contributed by atoms with van der Waals surface area (Å²) in [5, 5.41) is 14.7. The first-order valence-corrected chi connectivity index (χ1v) is 15.4. The van der Waals surface area contributed by atoms with Crippen LogP contribution in [-0.4, -0.2) is 52.1 Å². The molecule has 7 nitrogen and oxygen atoms in total. The summed E-state index contributed by atoms with van der Waals surface area (Å²) in [7, 11) is 0. The monoisotopic (exact) mass is 602 g/mol. The Morgan fingerprint density at radius 2 is 1.72 bits per heavy atom. The normalized spacial score (nSPS) is 22.1. The molecule has 8 heteroatoms. The Hall–Kier alpha value is -3.68. The number of rotatable bonds is 7. The van der Waals surface area contributed by atoms with E-state index in [9.17, 15) is 19.5 Å². The number of carbonyl (C=O) groups excluding carboxylic acids is 3. The van der Waals surface area contributed by atoms with Crippen molar-refractivity contribution in [3.05, 3.63) is 106 Å². The molecule has 3 aromatic rings. The van der Waals surface area contributed by atoms with Gasteiger partial charge in [0, 0.05) is 17.1 Å². The predicted octanol–water partition coefficient (Wildman–Crippen LogP) is 6.24. The Bertz CT molecular complexity index is 1480. The smallest absolute Gasteiger partial charge is 0.338 e. The summed E-state index contributed by atoms with van der Waals surface area (Å²) in [4.78, 5) is 42.5. The number of aliphatic hydroxyl groups is 1. The quantitative estimate of drug-likeness (QED) is 0.312. The lowest BCUT2D eigenvalue weighted by Crippen LogP contribution is -2.55. The molecule has 1 saturated carbocycles. The summed E-state index contributed by atoms with van der Waals surface area (Å²) in [6, 6.07) is 20.7. The minimum absolute atomic E-state index is 0.176. The van der Waals surface area contributed by atoms with Crippen LogP contribution in [0.2, 0.25) is 5.02 Å². The van der Waals surface area contributed by atoms with Crippen molar-refractivity contribution >= 4 is 29.4 Å². The van der Waals surface area contributed by atoms with E-state index in [-0.39, 0.29) is 11.8 Å². The number of ether oxygens (including phenoxy) is 1. The number of hydrogen-bond donors (Lipinski definition) is 2. The number of amides is 2. The van der Waals surface area contributed by atoms with Gasteiger partial charge in [0.15, 0.2) is 0 Å². The zero-order valence-electron chi connectivity index (χ0n) is 24.9. The van der Waals surface area contributed by atoms with Gasteiger partial charge in [0.1, 0.15) is 5.60 Å². The van der Waals surface area contributed by atoms with Crippen molar-refractivity contribution < 1.29 is 24.2 Å². The Kier molecular flexibility index (Phi) is 9.23. The van der Waals surface area contributed by atoms with E-state index in [0.717, 1.165) is 24.0 Å². The molecule has 0 aromatic heterocycles. The summed E-state index contributed by atoms with van der Waals surface area (Å²) in [6.45, 7) is 5.82. The molecule has 1 aliphatic heterocycles. The van der Waals surface area contributed by atoms with Crippen LogP contribution in [0.1, 0.15) is 95.8 Å². The molecule has 0 bridgehead atoms. The summed E-state index contributed by atoms with van der Waals surface area (Å²) >= 11 is 6.23. The molecule has 4 atom stereocenters. The van der Waals surface area contributed by atoms with Gasteiger partial charge in [-0.15, -0.1) is 0 Å². The lowest BCUT2D eigenvalue weighted by molar-refractivity contribution is -0.125. The number of fused-ring (bicyclic) bond motifs is 1. The van der Waals surface area contributed by atoms with Gasteiger partial charge in [0.25, 0.3) is 5.91 Å². The molecule has 2 aliphatic rings. The van der Waals surface area contributed by atoms with Gasteiger partial charge in [-0.2, -0.15) is 0 Å². The van der Waals surface area contributed by atoms with Crippen LogP contribution in [0.25, 0.3) is 0 Å². The molecule has 0 saturated heterocycles. The van der Waals surface area contributed by atoms with E-state index in [0.29, 0.717) is 47.5 Å². The number of nitrogens with zero attached hydrogens (tertiary/aromatic N) is 1. The predicted molar refractivity (Wildman–Crippen MR) is 166 cm³/mol. The first-order chi connectivity index (χ1) is 20.5. The third-order valence-corrected chi connectivity index (χ3v) is 8.45. The maximum absolute atomic E-state index is 14.1. The van der Waals surface area contributed by atoms with Crippen LogP contribution in [0, 0.1) is 0 Å². The highest BCUT2D eigenvalue weighted by Gasteiger charge is 2.48. The largest absolute Gasteiger partial charge is 0.456 e. The minimum atomic E-state index is -0.697. The van der Waals surface area contributed by atoms with E-state index in [1.807, 2.05) is 57.2 Å². The van der Waals surface area contributed by atoms with Gasteiger partial charge in [0.2, 0.25) is 5.91 Å². The Morgan fingerprint density at radius 3 is 2.44 bits per heavy atom. The number of esters is 1. The van der Waals surface area contributed by atoms with Crippen molar-refractivity contribution in [3.8, 4) is 0 Å². The molecule has 226 valence electrons. The van der Waals surface area contributed by atoms with E-state index in [1.54, 1.807) is 41.3 Å². The number of carbonyl (C=O) groups is 3. The zero-order valence-corrected chi connectivity index (χ0v) is 25.6. The third-order valence-electron chi connectivity index (χ3n) is 8.20. The SMILES string of the molecule is CC(C)(C)OC(=O)c1cccc(CCNC(=O)[C@@H]2c3ccccc3C(=O)N([C@H]3CCCC[C@@H]3O)[C@H]2c2ccc(Cl)cc2)c1. The second-order valence-electron chi connectivity index (χ2n) is 12.4. The van der Waals surface area contributed by atoms with Crippen LogP contribution in [0.3, 0.4) is 0 Å². The van der Waals surface area contributed by atoms with Gasteiger partial charge in [-0.25, -0.2) is 4.79 Å². The average molecular weight is 603 g/mol. The van der Waals surface area contributed by atoms with Crippen molar-refractivity contribution in [2.45, 2.75) is 82.6 Å². The third kappa shape index (κ3) is 6.94. The Morgan fingerprint density at radius 1 is 1.00 bits per heavy atom. The summed E-state index contributed by atoms with van der Waals surface area (Å²) in [5.74, 6) is -1.47. The topological polar surface area (TPSA) is 95.9 Å². The molecule has 0 unspecified atom stereocenters. The van der Waals surface area contributed by atoms with Crippen LogP contribution >= 0.6 is 11.6 Å². The molecule has 2 N–H and O–H groups in total.